The molecule has 2 aromatic heterocycles. The molecule has 0 aliphatic heterocycles. The van der Waals surface area contributed by atoms with Gasteiger partial charge in [-0.15, -0.1) is 24.0 Å². The number of rotatable bonds is 7. The number of nitrogens with zero attached hydrogens (tertiary/aromatic N) is 3. The van der Waals surface area contributed by atoms with E-state index in [0.717, 1.165) is 48.1 Å². The quantitative estimate of drug-likeness (QED) is 0.275. The molecule has 162 valence electrons. The Kier molecular flexibility index (Phi) is 8.95. The number of imidazole rings is 1. The second-order valence-corrected chi connectivity index (χ2v) is 7.89. The van der Waals surface area contributed by atoms with Gasteiger partial charge in [-0.1, -0.05) is 24.3 Å². The summed E-state index contributed by atoms with van der Waals surface area (Å²) in [5.41, 5.74) is 2.86. The monoisotopic (exact) mass is 521 g/mol. The molecule has 0 saturated heterocycles. The van der Waals surface area contributed by atoms with Crippen molar-refractivity contribution in [1.82, 2.24) is 20.0 Å². The average Bonchev–Trinajstić information content (AvgIpc) is 3.08. The van der Waals surface area contributed by atoms with E-state index < -0.39 is 0 Å². The van der Waals surface area contributed by atoms with Gasteiger partial charge in [-0.2, -0.15) is 0 Å². The second kappa shape index (κ2) is 11.2. The van der Waals surface area contributed by atoms with Crippen molar-refractivity contribution in [1.29, 1.82) is 0 Å². The van der Waals surface area contributed by atoms with Crippen LogP contribution in [-0.4, -0.2) is 34.0 Å². The van der Waals surface area contributed by atoms with Gasteiger partial charge in [-0.05, 0) is 45.9 Å². The van der Waals surface area contributed by atoms with E-state index in [1.165, 1.54) is 0 Å². The largest absolute Gasteiger partial charge is 0.488 e. The first-order valence-electron chi connectivity index (χ1n) is 10.2. The van der Waals surface area contributed by atoms with E-state index in [4.69, 9.17) is 9.73 Å². The molecule has 0 amide bonds. The van der Waals surface area contributed by atoms with Crippen LogP contribution >= 0.6 is 24.0 Å². The molecule has 6 nitrogen and oxygen atoms in total. The van der Waals surface area contributed by atoms with Gasteiger partial charge in [0.2, 0.25) is 0 Å². The van der Waals surface area contributed by atoms with Crippen molar-refractivity contribution < 1.29 is 4.74 Å². The summed E-state index contributed by atoms with van der Waals surface area (Å²) in [5, 5.41) is 6.71. The van der Waals surface area contributed by atoms with Crippen molar-refractivity contribution in [2.24, 2.45) is 4.99 Å². The molecule has 0 atom stereocenters. The van der Waals surface area contributed by atoms with Gasteiger partial charge in [0.25, 0.3) is 0 Å². The summed E-state index contributed by atoms with van der Waals surface area (Å²) in [6.07, 6.45) is 4.92. The maximum Gasteiger partial charge on any atom is 0.191 e. The molecule has 0 bridgehead atoms. The summed E-state index contributed by atoms with van der Waals surface area (Å²) >= 11 is 0. The number of hydrogen-bond acceptors (Lipinski definition) is 3. The summed E-state index contributed by atoms with van der Waals surface area (Å²) in [6.45, 7) is 10.3. The van der Waals surface area contributed by atoms with Crippen LogP contribution in [0.15, 0.2) is 59.9 Å². The van der Waals surface area contributed by atoms with E-state index in [1.807, 2.05) is 47.0 Å². The highest BCUT2D eigenvalue weighted by Gasteiger charge is 2.14. The van der Waals surface area contributed by atoms with Gasteiger partial charge in [-0.3, -0.25) is 0 Å². The molecule has 0 aliphatic rings. The van der Waals surface area contributed by atoms with E-state index in [-0.39, 0.29) is 29.6 Å². The van der Waals surface area contributed by atoms with Crippen LogP contribution in [-0.2, 0) is 13.0 Å². The summed E-state index contributed by atoms with van der Waals surface area (Å²) in [7, 11) is 0. The maximum atomic E-state index is 6.07. The van der Waals surface area contributed by atoms with Gasteiger partial charge in [0.1, 0.15) is 17.0 Å². The van der Waals surface area contributed by atoms with Crippen molar-refractivity contribution in [3.05, 3.63) is 66.1 Å². The molecule has 0 aliphatic carbocycles. The van der Waals surface area contributed by atoms with Gasteiger partial charge in [-0.25, -0.2) is 9.98 Å². The summed E-state index contributed by atoms with van der Waals surface area (Å²) in [4.78, 5) is 9.38. The fourth-order valence-corrected chi connectivity index (χ4v) is 2.99. The molecule has 0 saturated carbocycles. The van der Waals surface area contributed by atoms with E-state index in [2.05, 4.69) is 55.6 Å². The Morgan fingerprint density at radius 2 is 1.87 bits per heavy atom. The number of halogens is 1. The van der Waals surface area contributed by atoms with Gasteiger partial charge >= 0.3 is 0 Å². The number of aromatic nitrogens is 2. The lowest BCUT2D eigenvalue weighted by atomic mass is 10.1. The van der Waals surface area contributed by atoms with Crippen LogP contribution in [0.3, 0.4) is 0 Å². The lowest BCUT2D eigenvalue weighted by Crippen LogP contribution is -2.38. The van der Waals surface area contributed by atoms with E-state index in [1.54, 1.807) is 0 Å². The first-order chi connectivity index (χ1) is 13.9. The number of nitrogens with one attached hydrogen (secondary N) is 2. The van der Waals surface area contributed by atoms with Crippen LogP contribution in [0, 0.1) is 0 Å². The number of guanidine groups is 1. The molecule has 0 spiro atoms. The first kappa shape index (κ1) is 24.0. The van der Waals surface area contributed by atoms with Crippen LogP contribution in [0.25, 0.3) is 5.65 Å². The Morgan fingerprint density at radius 3 is 2.60 bits per heavy atom. The molecule has 0 fully saturated rings. The molecular formula is C23H32IN5O. The predicted molar refractivity (Wildman–Crippen MR) is 134 cm³/mol. The Morgan fingerprint density at radius 1 is 1.10 bits per heavy atom. The number of pyridine rings is 1. The smallest absolute Gasteiger partial charge is 0.191 e. The zero-order valence-corrected chi connectivity index (χ0v) is 20.5. The molecule has 7 heteroatoms. The first-order valence-corrected chi connectivity index (χ1v) is 10.2. The van der Waals surface area contributed by atoms with Crippen molar-refractivity contribution in [3.8, 4) is 5.75 Å². The van der Waals surface area contributed by atoms with Crippen LogP contribution < -0.4 is 15.4 Å². The minimum absolute atomic E-state index is 0. The summed E-state index contributed by atoms with van der Waals surface area (Å²) in [5.74, 6) is 1.67. The number of fused-ring (bicyclic) bond motifs is 1. The third-order valence-corrected chi connectivity index (χ3v) is 4.23. The van der Waals surface area contributed by atoms with Crippen molar-refractivity contribution in [2.45, 2.75) is 46.3 Å². The van der Waals surface area contributed by atoms with Crippen molar-refractivity contribution in [2.75, 3.05) is 13.1 Å². The van der Waals surface area contributed by atoms with E-state index in [0.29, 0.717) is 6.54 Å². The third kappa shape index (κ3) is 7.19. The summed E-state index contributed by atoms with van der Waals surface area (Å²) in [6, 6.07) is 14.1. The third-order valence-electron chi connectivity index (χ3n) is 4.23. The minimum Gasteiger partial charge on any atom is -0.488 e. The number of benzene rings is 1. The Hall–Kier alpha value is -2.29. The van der Waals surface area contributed by atoms with E-state index in [9.17, 15) is 0 Å². The highest BCUT2D eigenvalue weighted by molar-refractivity contribution is 14.0. The molecule has 30 heavy (non-hydrogen) atoms. The standard InChI is InChI=1S/C23H31N5O.HI/c1-5-24-22(25-14-13-19-17-28-15-9-8-12-21(28)27-19)26-16-18-10-6-7-11-20(18)29-23(2,3)4;/h6-12,15,17H,5,13-14,16H2,1-4H3,(H2,24,25,26);1H. The minimum atomic E-state index is -0.239. The topological polar surface area (TPSA) is 63.0 Å². The van der Waals surface area contributed by atoms with Crippen LogP contribution in [0.1, 0.15) is 39.0 Å². The van der Waals surface area contributed by atoms with Crippen LogP contribution in [0.5, 0.6) is 5.75 Å². The zero-order chi connectivity index (χ0) is 20.7. The van der Waals surface area contributed by atoms with Gasteiger partial charge in [0.15, 0.2) is 5.96 Å². The lowest BCUT2D eigenvalue weighted by Gasteiger charge is -2.23. The predicted octanol–water partition coefficient (Wildman–Crippen LogP) is 4.43. The Labute approximate surface area is 196 Å². The molecular weight excluding hydrogens is 489 g/mol. The number of aliphatic imine (C=N–C) groups is 1. The fraction of sp³-hybridized carbons (Fsp3) is 0.391. The number of hydrogen-bond donors (Lipinski definition) is 2. The SMILES string of the molecule is CCNC(=NCc1ccccc1OC(C)(C)C)NCCc1cn2ccccc2n1.I. The molecule has 0 radical (unpaired) electrons. The molecule has 1 aromatic carbocycles. The number of ether oxygens (including phenoxy) is 1. The van der Waals surface area contributed by atoms with Gasteiger partial charge in [0.05, 0.1) is 12.2 Å². The molecule has 2 N–H and O–H groups in total. The highest BCUT2D eigenvalue weighted by Crippen LogP contribution is 2.23. The van der Waals surface area contributed by atoms with Gasteiger partial charge < -0.3 is 19.8 Å². The number of para-hydroxylation sites is 1. The molecule has 3 rings (SSSR count). The lowest BCUT2D eigenvalue weighted by molar-refractivity contribution is 0.129. The highest BCUT2D eigenvalue weighted by atomic mass is 127. The molecule has 3 aromatic rings. The summed E-state index contributed by atoms with van der Waals surface area (Å²) < 4.78 is 8.11. The van der Waals surface area contributed by atoms with Crippen LogP contribution in [0.2, 0.25) is 0 Å². The molecule has 2 heterocycles. The fourth-order valence-electron chi connectivity index (χ4n) is 2.99. The van der Waals surface area contributed by atoms with Crippen LogP contribution in [0.4, 0.5) is 0 Å². The van der Waals surface area contributed by atoms with Crippen molar-refractivity contribution in [3.63, 3.8) is 0 Å². The average molecular weight is 521 g/mol. The van der Waals surface area contributed by atoms with E-state index >= 15 is 0 Å². The van der Waals surface area contributed by atoms with Gasteiger partial charge in [0, 0.05) is 37.5 Å². The normalized spacial score (nSPS) is 11.8. The Bertz CT molecular complexity index is 928. The zero-order valence-electron chi connectivity index (χ0n) is 18.2. The maximum absolute atomic E-state index is 6.07. The molecule has 0 unspecified atom stereocenters. The second-order valence-electron chi connectivity index (χ2n) is 7.89. The Balaban J connectivity index is 0.00000320. The van der Waals surface area contributed by atoms with Crippen molar-refractivity contribution >= 4 is 35.6 Å².